The third kappa shape index (κ3) is 2.59. The van der Waals surface area contributed by atoms with Crippen LogP contribution in [0.15, 0.2) is 54.7 Å². The van der Waals surface area contributed by atoms with E-state index in [0.717, 1.165) is 22.2 Å². The molecule has 106 valence electrons. The first-order valence-corrected chi connectivity index (χ1v) is 7.02. The van der Waals surface area contributed by atoms with Crippen molar-refractivity contribution in [3.63, 3.8) is 0 Å². The summed E-state index contributed by atoms with van der Waals surface area (Å²) < 4.78 is 13.9. The molecule has 0 spiro atoms. The standard InChI is InChI=1S/C18H17FN2/c1-12-9-10-17(15-7-5-11-20-18(12)15)21-13(2)14-6-3-4-8-16(14)19/h3-11,13,21H,1-2H3. The Bertz CT molecular complexity index is 783. The smallest absolute Gasteiger partial charge is 0.128 e. The summed E-state index contributed by atoms with van der Waals surface area (Å²) in [7, 11) is 0. The lowest BCUT2D eigenvalue weighted by molar-refractivity contribution is 0.600. The largest absolute Gasteiger partial charge is 0.378 e. The molecule has 0 bridgehead atoms. The molecule has 0 aliphatic rings. The van der Waals surface area contributed by atoms with Gasteiger partial charge >= 0.3 is 0 Å². The highest BCUT2D eigenvalue weighted by Gasteiger charge is 2.12. The van der Waals surface area contributed by atoms with Crippen LogP contribution in [0.5, 0.6) is 0 Å². The maximum absolute atomic E-state index is 13.9. The van der Waals surface area contributed by atoms with Gasteiger partial charge < -0.3 is 5.32 Å². The van der Waals surface area contributed by atoms with Crippen LogP contribution in [0.1, 0.15) is 24.1 Å². The predicted octanol–water partition coefficient (Wildman–Crippen LogP) is 4.86. The number of halogens is 1. The Balaban J connectivity index is 1.99. The highest BCUT2D eigenvalue weighted by molar-refractivity contribution is 5.93. The molecule has 3 rings (SSSR count). The highest BCUT2D eigenvalue weighted by Crippen LogP contribution is 2.28. The number of aryl methyl sites for hydroxylation is 1. The number of anilines is 1. The van der Waals surface area contributed by atoms with Gasteiger partial charge in [-0.3, -0.25) is 4.98 Å². The van der Waals surface area contributed by atoms with Gasteiger partial charge in [-0.05, 0) is 43.7 Å². The zero-order valence-corrected chi connectivity index (χ0v) is 12.1. The first-order chi connectivity index (χ1) is 10.2. The van der Waals surface area contributed by atoms with E-state index in [-0.39, 0.29) is 11.9 Å². The van der Waals surface area contributed by atoms with Crippen LogP contribution in [0, 0.1) is 12.7 Å². The van der Waals surface area contributed by atoms with Crippen molar-refractivity contribution in [3.8, 4) is 0 Å². The van der Waals surface area contributed by atoms with Gasteiger partial charge in [-0.1, -0.05) is 24.3 Å². The number of benzene rings is 2. The minimum atomic E-state index is -0.188. The summed E-state index contributed by atoms with van der Waals surface area (Å²) in [5.74, 6) is -0.188. The second kappa shape index (κ2) is 5.52. The summed E-state index contributed by atoms with van der Waals surface area (Å²) in [6, 6.07) is 14.7. The summed E-state index contributed by atoms with van der Waals surface area (Å²) >= 11 is 0. The Labute approximate surface area is 123 Å². The number of hydrogen-bond donors (Lipinski definition) is 1. The first-order valence-electron chi connectivity index (χ1n) is 7.02. The number of rotatable bonds is 3. The summed E-state index contributed by atoms with van der Waals surface area (Å²) in [4.78, 5) is 4.42. The van der Waals surface area contributed by atoms with Crippen LogP contribution in [-0.4, -0.2) is 4.98 Å². The lowest BCUT2D eigenvalue weighted by atomic mass is 10.1. The lowest BCUT2D eigenvalue weighted by Gasteiger charge is -2.18. The Kier molecular flexibility index (Phi) is 3.57. The van der Waals surface area contributed by atoms with E-state index >= 15 is 0 Å². The molecule has 1 aromatic heterocycles. The quantitative estimate of drug-likeness (QED) is 0.741. The minimum absolute atomic E-state index is 0.114. The van der Waals surface area contributed by atoms with E-state index in [2.05, 4.69) is 10.3 Å². The topological polar surface area (TPSA) is 24.9 Å². The van der Waals surface area contributed by atoms with Gasteiger partial charge in [0.15, 0.2) is 0 Å². The Morgan fingerprint density at radius 2 is 1.86 bits per heavy atom. The zero-order chi connectivity index (χ0) is 14.8. The zero-order valence-electron chi connectivity index (χ0n) is 12.1. The first kappa shape index (κ1) is 13.6. The van der Waals surface area contributed by atoms with E-state index in [1.165, 1.54) is 6.07 Å². The van der Waals surface area contributed by atoms with E-state index in [1.807, 2.05) is 50.2 Å². The number of pyridine rings is 1. The third-order valence-electron chi connectivity index (χ3n) is 3.72. The fourth-order valence-electron chi connectivity index (χ4n) is 2.58. The molecule has 3 aromatic rings. The number of nitrogens with zero attached hydrogens (tertiary/aromatic N) is 1. The molecule has 0 saturated heterocycles. The maximum Gasteiger partial charge on any atom is 0.128 e. The average Bonchev–Trinajstić information content (AvgIpc) is 2.51. The molecule has 1 unspecified atom stereocenters. The second-order valence-electron chi connectivity index (χ2n) is 5.22. The van der Waals surface area contributed by atoms with Crippen LogP contribution in [0.25, 0.3) is 10.9 Å². The molecular weight excluding hydrogens is 263 g/mol. The molecule has 0 radical (unpaired) electrons. The average molecular weight is 280 g/mol. The van der Waals surface area contributed by atoms with Crippen LogP contribution in [0.4, 0.5) is 10.1 Å². The number of aromatic nitrogens is 1. The van der Waals surface area contributed by atoms with Crippen LogP contribution < -0.4 is 5.32 Å². The van der Waals surface area contributed by atoms with E-state index in [4.69, 9.17) is 0 Å². The van der Waals surface area contributed by atoms with Crippen molar-refractivity contribution in [2.24, 2.45) is 0 Å². The summed E-state index contributed by atoms with van der Waals surface area (Å²) in [5, 5.41) is 4.45. The van der Waals surface area contributed by atoms with Crippen LogP contribution >= 0.6 is 0 Å². The summed E-state index contributed by atoms with van der Waals surface area (Å²) in [6.07, 6.45) is 1.79. The van der Waals surface area contributed by atoms with Crippen molar-refractivity contribution < 1.29 is 4.39 Å². The number of hydrogen-bond acceptors (Lipinski definition) is 2. The van der Waals surface area contributed by atoms with Gasteiger partial charge in [-0.2, -0.15) is 0 Å². The maximum atomic E-state index is 13.9. The molecule has 21 heavy (non-hydrogen) atoms. The molecule has 0 amide bonds. The Hall–Kier alpha value is -2.42. The van der Waals surface area contributed by atoms with Gasteiger partial charge in [0.25, 0.3) is 0 Å². The second-order valence-corrected chi connectivity index (χ2v) is 5.22. The molecule has 1 heterocycles. The van der Waals surface area contributed by atoms with E-state index in [9.17, 15) is 4.39 Å². The van der Waals surface area contributed by atoms with Crippen molar-refractivity contribution in [1.29, 1.82) is 0 Å². The fraction of sp³-hybridized carbons (Fsp3) is 0.167. The van der Waals surface area contributed by atoms with Crippen molar-refractivity contribution in [3.05, 3.63) is 71.7 Å². The van der Waals surface area contributed by atoms with Crippen molar-refractivity contribution in [2.45, 2.75) is 19.9 Å². The SMILES string of the molecule is Cc1ccc(NC(C)c2ccccc2F)c2cccnc12. The van der Waals surface area contributed by atoms with Gasteiger partial charge in [0.2, 0.25) is 0 Å². The Morgan fingerprint density at radius 3 is 2.67 bits per heavy atom. The van der Waals surface area contributed by atoms with E-state index in [1.54, 1.807) is 12.3 Å². The molecule has 2 aromatic carbocycles. The van der Waals surface area contributed by atoms with Gasteiger partial charge in [-0.25, -0.2) is 4.39 Å². The van der Waals surface area contributed by atoms with Gasteiger partial charge in [0.05, 0.1) is 11.6 Å². The third-order valence-corrected chi connectivity index (χ3v) is 3.72. The minimum Gasteiger partial charge on any atom is -0.378 e. The molecule has 3 heteroatoms. The monoisotopic (exact) mass is 280 g/mol. The fourth-order valence-corrected chi connectivity index (χ4v) is 2.58. The van der Waals surface area contributed by atoms with Gasteiger partial charge in [0, 0.05) is 22.8 Å². The summed E-state index contributed by atoms with van der Waals surface area (Å²) in [5.41, 5.74) is 3.74. The molecule has 1 N–H and O–H groups in total. The molecule has 2 nitrogen and oxygen atoms in total. The van der Waals surface area contributed by atoms with E-state index in [0.29, 0.717) is 5.56 Å². The molecule has 1 atom stereocenters. The van der Waals surface area contributed by atoms with Crippen molar-refractivity contribution in [1.82, 2.24) is 4.98 Å². The number of fused-ring (bicyclic) bond motifs is 1. The van der Waals surface area contributed by atoms with Crippen LogP contribution in [-0.2, 0) is 0 Å². The lowest BCUT2D eigenvalue weighted by Crippen LogP contribution is -2.09. The molecule has 0 saturated carbocycles. The molecule has 0 aliphatic carbocycles. The van der Waals surface area contributed by atoms with Crippen LogP contribution in [0.2, 0.25) is 0 Å². The van der Waals surface area contributed by atoms with Gasteiger partial charge in [0.1, 0.15) is 5.82 Å². The van der Waals surface area contributed by atoms with Gasteiger partial charge in [-0.15, -0.1) is 0 Å². The normalized spacial score (nSPS) is 12.3. The number of nitrogens with one attached hydrogen (secondary N) is 1. The summed E-state index contributed by atoms with van der Waals surface area (Å²) in [6.45, 7) is 4.00. The predicted molar refractivity (Wildman–Crippen MR) is 84.9 cm³/mol. The highest BCUT2D eigenvalue weighted by atomic mass is 19.1. The van der Waals surface area contributed by atoms with Crippen molar-refractivity contribution in [2.75, 3.05) is 5.32 Å². The molecule has 0 aliphatic heterocycles. The molecule has 0 fully saturated rings. The molecular formula is C18H17FN2. The Morgan fingerprint density at radius 1 is 1.05 bits per heavy atom. The van der Waals surface area contributed by atoms with Crippen molar-refractivity contribution >= 4 is 16.6 Å². The van der Waals surface area contributed by atoms with Crippen LogP contribution in [0.3, 0.4) is 0 Å². The van der Waals surface area contributed by atoms with E-state index < -0.39 is 0 Å².